The van der Waals surface area contributed by atoms with Crippen molar-refractivity contribution in [2.45, 2.75) is 65.0 Å². The van der Waals surface area contributed by atoms with E-state index in [1.807, 2.05) is 30.3 Å². The van der Waals surface area contributed by atoms with Crippen molar-refractivity contribution in [2.75, 3.05) is 6.61 Å². The molecule has 0 N–H and O–H groups in total. The average Bonchev–Trinajstić information content (AvgIpc) is 2.68. The van der Waals surface area contributed by atoms with Gasteiger partial charge in [-0.15, -0.1) is 0 Å². The molecular formula is C21H26O10. The highest BCUT2D eigenvalue weighted by Crippen LogP contribution is 2.30. The van der Waals surface area contributed by atoms with Gasteiger partial charge in [-0.2, -0.15) is 0 Å². The van der Waals surface area contributed by atoms with E-state index in [-0.39, 0.29) is 13.2 Å². The Kier molecular flexibility index (Phi) is 8.95. The molecule has 170 valence electrons. The Bertz CT molecular complexity index is 778. The van der Waals surface area contributed by atoms with Crippen LogP contribution in [0, 0.1) is 0 Å². The van der Waals surface area contributed by atoms with Crippen molar-refractivity contribution in [3.05, 3.63) is 35.9 Å². The second kappa shape index (κ2) is 11.4. The maximum atomic E-state index is 11.8. The largest absolute Gasteiger partial charge is 0.463 e. The van der Waals surface area contributed by atoms with Gasteiger partial charge < -0.3 is 28.4 Å². The lowest BCUT2D eigenvalue weighted by Gasteiger charge is -2.44. The summed E-state index contributed by atoms with van der Waals surface area (Å²) in [6.07, 6.45) is -5.92. The molecule has 5 atom stereocenters. The zero-order valence-corrected chi connectivity index (χ0v) is 17.8. The smallest absolute Gasteiger partial charge is 0.303 e. The molecule has 31 heavy (non-hydrogen) atoms. The summed E-state index contributed by atoms with van der Waals surface area (Å²) in [7, 11) is 0. The van der Waals surface area contributed by atoms with Crippen molar-refractivity contribution in [1.29, 1.82) is 0 Å². The zero-order valence-electron chi connectivity index (χ0n) is 17.8. The first kappa shape index (κ1) is 24.3. The van der Waals surface area contributed by atoms with E-state index in [4.69, 9.17) is 28.4 Å². The highest BCUT2D eigenvalue weighted by molar-refractivity contribution is 5.68. The van der Waals surface area contributed by atoms with Crippen LogP contribution in [0.25, 0.3) is 0 Å². The summed E-state index contributed by atoms with van der Waals surface area (Å²) in [4.78, 5) is 46.5. The van der Waals surface area contributed by atoms with E-state index < -0.39 is 54.6 Å². The fourth-order valence-electron chi connectivity index (χ4n) is 3.08. The molecule has 0 aliphatic carbocycles. The fraction of sp³-hybridized carbons (Fsp3) is 0.524. The van der Waals surface area contributed by atoms with Gasteiger partial charge in [-0.3, -0.25) is 19.2 Å². The highest BCUT2D eigenvalue weighted by Gasteiger charge is 2.52. The Morgan fingerprint density at radius 2 is 1.32 bits per heavy atom. The molecule has 0 saturated carbocycles. The summed E-state index contributed by atoms with van der Waals surface area (Å²) in [6.45, 7) is 4.49. The second-order valence-corrected chi connectivity index (χ2v) is 6.86. The van der Waals surface area contributed by atoms with Crippen LogP contribution in [0.4, 0.5) is 0 Å². The van der Waals surface area contributed by atoms with Gasteiger partial charge in [-0.1, -0.05) is 30.3 Å². The Balaban J connectivity index is 2.35. The monoisotopic (exact) mass is 438 g/mol. The summed E-state index contributed by atoms with van der Waals surface area (Å²) in [5.41, 5.74) is 0.815. The molecule has 1 aliphatic heterocycles. The highest BCUT2D eigenvalue weighted by atomic mass is 16.7. The third kappa shape index (κ3) is 7.65. The SMILES string of the molecule is CC(=O)OC[C@H]1O[C@@H](OCc2ccccc2)[C@@H](OC(C)=O)[C@@H](OC(C)=O)[C@@H]1OC(C)=O. The fourth-order valence-corrected chi connectivity index (χ4v) is 3.08. The number of hydrogen-bond acceptors (Lipinski definition) is 10. The van der Waals surface area contributed by atoms with Crippen LogP contribution in [0.2, 0.25) is 0 Å². The van der Waals surface area contributed by atoms with Gasteiger partial charge in [0.15, 0.2) is 24.6 Å². The van der Waals surface area contributed by atoms with Crippen LogP contribution >= 0.6 is 0 Å². The van der Waals surface area contributed by atoms with E-state index in [2.05, 4.69) is 0 Å². The van der Waals surface area contributed by atoms with Gasteiger partial charge in [0.25, 0.3) is 0 Å². The second-order valence-electron chi connectivity index (χ2n) is 6.86. The van der Waals surface area contributed by atoms with Gasteiger partial charge in [-0.25, -0.2) is 0 Å². The lowest BCUT2D eigenvalue weighted by atomic mass is 9.98. The summed E-state index contributed by atoms with van der Waals surface area (Å²) < 4.78 is 32.6. The topological polar surface area (TPSA) is 124 Å². The minimum absolute atomic E-state index is 0.0918. The van der Waals surface area contributed by atoms with Gasteiger partial charge in [0, 0.05) is 27.7 Å². The van der Waals surface area contributed by atoms with E-state index in [0.717, 1.165) is 19.4 Å². The third-order valence-electron chi connectivity index (χ3n) is 4.21. The van der Waals surface area contributed by atoms with E-state index in [1.54, 1.807) is 0 Å². The van der Waals surface area contributed by atoms with E-state index in [0.29, 0.717) is 0 Å². The van der Waals surface area contributed by atoms with Crippen LogP contribution in [0.3, 0.4) is 0 Å². The van der Waals surface area contributed by atoms with Gasteiger partial charge in [-0.05, 0) is 5.56 Å². The van der Waals surface area contributed by atoms with Crippen molar-refractivity contribution in [1.82, 2.24) is 0 Å². The van der Waals surface area contributed by atoms with Crippen LogP contribution in [0.5, 0.6) is 0 Å². The third-order valence-corrected chi connectivity index (χ3v) is 4.21. The quantitative estimate of drug-likeness (QED) is 0.433. The first-order valence-corrected chi connectivity index (χ1v) is 9.63. The number of benzene rings is 1. The molecule has 0 radical (unpaired) electrons. The minimum atomic E-state index is -1.25. The lowest BCUT2D eigenvalue weighted by molar-refractivity contribution is -0.310. The van der Waals surface area contributed by atoms with Crippen molar-refractivity contribution < 1.29 is 47.6 Å². The van der Waals surface area contributed by atoms with Crippen LogP contribution in [-0.4, -0.2) is 61.2 Å². The number of ether oxygens (including phenoxy) is 6. The van der Waals surface area contributed by atoms with Crippen molar-refractivity contribution in [3.8, 4) is 0 Å². The summed E-state index contributed by atoms with van der Waals surface area (Å²) in [6, 6.07) is 9.14. The molecule has 0 unspecified atom stereocenters. The lowest BCUT2D eigenvalue weighted by Crippen LogP contribution is -2.62. The number of carbonyl (C=O) groups is 4. The normalized spacial score (nSPS) is 25.2. The maximum Gasteiger partial charge on any atom is 0.303 e. The van der Waals surface area contributed by atoms with Gasteiger partial charge in [0.2, 0.25) is 0 Å². The van der Waals surface area contributed by atoms with E-state index >= 15 is 0 Å². The van der Waals surface area contributed by atoms with Gasteiger partial charge in [0.1, 0.15) is 12.7 Å². The number of esters is 4. The van der Waals surface area contributed by atoms with Crippen LogP contribution in [-0.2, 0) is 54.2 Å². The van der Waals surface area contributed by atoms with Gasteiger partial charge in [0.05, 0.1) is 6.61 Å². The van der Waals surface area contributed by atoms with Crippen molar-refractivity contribution in [2.24, 2.45) is 0 Å². The zero-order chi connectivity index (χ0) is 23.0. The van der Waals surface area contributed by atoms with E-state index in [9.17, 15) is 19.2 Å². The van der Waals surface area contributed by atoms with Crippen molar-refractivity contribution in [3.63, 3.8) is 0 Å². The first-order valence-electron chi connectivity index (χ1n) is 9.63. The molecule has 1 aliphatic rings. The summed E-state index contributed by atoms with van der Waals surface area (Å²) in [5, 5.41) is 0. The molecule has 0 bridgehead atoms. The number of hydrogen-bond donors (Lipinski definition) is 0. The summed E-state index contributed by atoms with van der Waals surface area (Å²) in [5.74, 6) is -2.66. The molecule has 0 spiro atoms. The molecule has 10 heteroatoms. The standard InChI is InChI=1S/C21H26O10/c1-12(22)26-11-17-18(28-13(2)23)19(29-14(3)24)20(30-15(4)25)21(31-17)27-10-16-8-6-5-7-9-16/h5-9,17-21H,10-11H2,1-4H3/t17-,18-,19+,20+,21-/m1/s1. The molecule has 1 aromatic carbocycles. The molecule has 1 saturated heterocycles. The number of rotatable bonds is 8. The molecule has 1 heterocycles. The van der Waals surface area contributed by atoms with Gasteiger partial charge >= 0.3 is 23.9 Å². The Morgan fingerprint density at radius 3 is 1.87 bits per heavy atom. The Morgan fingerprint density at radius 1 is 0.774 bits per heavy atom. The van der Waals surface area contributed by atoms with Crippen LogP contribution in [0.15, 0.2) is 30.3 Å². The predicted octanol–water partition coefficient (Wildman–Crippen LogP) is 1.29. The Labute approximate surface area is 179 Å². The molecule has 0 amide bonds. The first-order chi connectivity index (χ1) is 14.7. The number of carbonyl (C=O) groups excluding carboxylic acids is 4. The van der Waals surface area contributed by atoms with Crippen molar-refractivity contribution >= 4 is 23.9 Å². The van der Waals surface area contributed by atoms with Crippen LogP contribution in [0.1, 0.15) is 33.3 Å². The van der Waals surface area contributed by atoms with E-state index in [1.165, 1.54) is 13.8 Å². The van der Waals surface area contributed by atoms with Crippen LogP contribution < -0.4 is 0 Å². The molecule has 0 aromatic heterocycles. The minimum Gasteiger partial charge on any atom is -0.463 e. The molecule has 2 rings (SSSR count). The molecule has 10 nitrogen and oxygen atoms in total. The molecular weight excluding hydrogens is 412 g/mol. The molecule has 1 fully saturated rings. The molecule has 1 aromatic rings. The average molecular weight is 438 g/mol. The maximum absolute atomic E-state index is 11.8. The predicted molar refractivity (Wildman–Crippen MR) is 103 cm³/mol. The summed E-state index contributed by atoms with van der Waals surface area (Å²) >= 11 is 0. The Hall–Kier alpha value is -2.98.